The number of hydrogen-bond acceptors (Lipinski definition) is 8. The molecule has 9 nitrogen and oxygen atoms in total. The molecule has 3 aliphatic rings. The van der Waals surface area contributed by atoms with Gasteiger partial charge in [0.25, 0.3) is 0 Å². The standard InChI is InChI=1S/C28H25NO8/c1-3-12-4-6-13(7-5-12)15-9-8-14-11(2)18-21(24(33)19(14)22(15)31)26(35)28(37)16(23(18)32)10-17(30)20(25(28)34)27(29)36/h3-9,11,16,18,20-21,23,31-32,37H,1,10H2,2H3,(H2,29,36)/t11-,16+,18+,20?,21?,23+,28+/m0/s1. The van der Waals surface area contributed by atoms with Crippen molar-refractivity contribution in [2.24, 2.45) is 29.4 Å². The molecule has 0 radical (unpaired) electrons. The van der Waals surface area contributed by atoms with Crippen LogP contribution >= 0.6 is 0 Å². The van der Waals surface area contributed by atoms with Crippen molar-refractivity contribution in [2.75, 3.05) is 0 Å². The number of carbonyl (C=O) groups excluding carboxylic acids is 5. The molecule has 1 amide bonds. The van der Waals surface area contributed by atoms with Gasteiger partial charge in [-0.05, 0) is 22.6 Å². The Morgan fingerprint density at radius 1 is 1.08 bits per heavy atom. The molecule has 3 aliphatic carbocycles. The van der Waals surface area contributed by atoms with Gasteiger partial charge in [0, 0.05) is 23.8 Å². The molecule has 0 saturated heterocycles. The Labute approximate surface area is 211 Å². The number of aromatic hydroxyl groups is 1. The Hall–Kier alpha value is -3.95. The lowest BCUT2D eigenvalue weighted by molar-refractivity contribution is -0.189. The molecule has 37 heavy (non-hydrogen) atoms. The summed E-state index contributed by atoms with van der Waals surface area (Å²) in [5, 5.41) is 33.8. The summed E-state index contributed by atoms with van der Waals surface area (Å²) in [6.45, 7) is 5.37. The van der Waals surface area contributed by atoms with Crippen molar-refractivity contribution in [3.8, 4) is 16.9 Å². The number of aliphatic hydroxyl groups excluding tert-OH is 1. The summed E-state index contributed by atoms with van der Waals surface area (Å²) in [4.78, 5) is 64.8. The molecule has 7 atom stereocenters. The van der Waals surface area contributed by atoms with E-state index in [1.165, 1.54) is 0 Å². The largest absolute Gasteiger partial charge is 0.507 e. The summed E-state index contributed by atoms with van der Waals surface area (Å²) in [6, 6.07) is 10.3. The normalized spacial score (nSPS) is 32.8. The lowest BCUT2D eigenvalue weighted by atomic mass is 9.50. The third-order valence-corrected chi connectivity index (χ3v) is 8.32. The van der Waals surface area contributed by atoms with Gasteiger partial charge in [0.15, 0.2) is 34.7 Å². The lowest BCUT2D eigenvalue weighted by Gasteiger charge is -2.52. The number of rotatable bonds is 3. The molecular formula is C28H25NO8. The summed E-state index contributed by atoms with van der Waals surface area (Å²) in [6.07, 6.45) is -0.553. The minimum atomic E-state index is -2.94. The molecule has 9 heteroatoms. The van der Waals surface area contributed by atoms with Crippen LogP contribution in [0.4, 0.5) is 0 Å². The fourth-order valence-electron chi connectivity index (χ4n) is 6.39. The first-order valence-electron chi connectivity index (χ1n) is 11.9. The van der Waals surface area contributed by atoms with E-state index < -0.39 is 76.8 Å². The average Bonchev–Trinajstić information content (AvgIpc) is 2.86. The van der Waals surface area contributed by atoms with Crippen LogP contribution in [-0.4, -0.2) is 56.1 Å². The van der Waals surface area contributed by atoms with Crippen LogP contribution in [0.3, 0.4) is 0 Å². The van der Waals surface area contributed by atoms with Crippen LogP contribution in [0, 0.1) is 23.7 Å². The predicted molar refractivity (Wildman–Crippen MR) is 130 cm³/mol. The SMILES string of the molecule is C=Cc1ccc(-c2ccc3c(c2O)C(=O)C2C(=O)[C@]4(O)C(=O)C(C(N)=O)C(=O)C[C@@H]4[C@@H](O)[C@@H]2[C@H]3C)cc1. The minimum Gasteiger partial charge on any atom is -0.507 e. The van der Waals surface area contributed by atoms with Crippen LogP contribution in [0.2, 0.25) is 0 Å². The highest BCUT2D eigenvalue weighted by atomic mass is 16.3. The van der Waals surface area contributed by atoms with Crippen molar-refractivity contribution in [3.05, 3.63) is 59.7 Å². The van der Waals surface area contributed by atoms with Gasteiger partial charge in [0.05, 0.1) is 17.6 Å². The molecule has 190 valence electrons. The zero-order valence-electron chi connectivity index (χ0n) is 19.9. The van der Waals surface area contributed by atoms with Crippen molar-refractivity contribution in [3.63, 3.8) is 0 Å². The predicted octanol–water partition coefficient (Wildman–Crippen LogP) is 1.17. The van der Waals surface area contributed by atoms with E-state index >= 15 is 0 Å². The minimum absolute atomic E-state index is 0.132. The maximum atomic E-state index is 13.8. The van der Waals surface area contributed by atoms with Gasteiger partial charge in [-0.3, -0.25) is 24.0 Å². The van der Waals surface area contributed by atoms with Crippen LogP contribution in [0.15, 0.2) is 43.0 Å². The second-order valence-corrected chi connectivity index (χ2v) is 10.1. The Morgan fingerprint density at radius 3 is 2.32 bits per heavy atom. The molecule has 2 fully saturated rings. The van der Waals surface area contributed by atoms with E-state index in [0.29, 0.717) is 16.7 Å². The van der Waals surface area contributed by atoms with Crippen LogP contribution in [-0.2, 0) is 19.2 Å². The first kappa shape index (κ1) is 24.7. The first-order valence-corrected chi connectivity index (χ1v) is 11.9. The molecule has 5 N–H and O–H groups in total. The number of ketones is 4. The molecular weight excluding hydrogens is 478 g/mol. The highest BCUT2D eigenvalue weighted by Gasteiger charge is 2.69. The molecule has 2 aromatic carbocycles. The fraction of sp³-hybridized carbons (Fsp3) is 0.321. The number of nitrogens with two attached hydrogens (primary N) is 1. The molecule has 0 aromatic heterocycles. The number of primary amides is 1. The van der Waals surface area contributed by atoms with Crippen LogP contribution in [0.5, 0.6) is 5.75 Å². The number of phenolic OH excluding ortho intramolecular Hbond substituents is 1. The Bertz CT molecular complexity index is 1410. The highest BCUT2D eigenvalue weighted by Crippen LogP contribution is 2.54. The second kappa shape index (κ2) is 8.29. The molecule has 0 spiro atoms. The van der Waals surface area contributed by atoms with E-state index in [4.69, 9.17) is 5.73 Å². The monoisotopic (exact) mass is 503 g/mol. The van der Waals surface area contributed by atoms with Gasteiger partial charge in [0.1, 0.15) is 5.75 Å². The third-order valence-electron chi connectivity index (χ3n) is 8.32. The van der Waals surface area contributed by atoms with Crippen LogP contribution in [0.25, 0.3) is 17.2 Å². The molecule has 5 rings (SSSR count). The van der Waals surface area contributed by atoms with Gasteiger partial charge in [-0.1, -0.05) is 56.0 Å². The molecule has 2 unspecified atom stereocenters. The number of aliphatic hydroxyl groups is 2. The molecule has 2 saturated carbocycles. The van der Waals surface area contributed by atoms with Gasteiger partial charge in [-0.2, -0.15) is 0 Å². The van der Waals surface area contributed by atoms with Crippen molar-refractivity contribution < 1.29 is 39.3 Å². The summed E-state index contributed by atoms with van der Waals surface area (Å²) < 4.78 is 0. The van der Waals surface area contributed by atoms with E-state index in [1.807, 2.05) is 0 Å². The fourth-order valence-corrected chi connectivity index (χ4v) is 6.39. The summed E-state index contributed by atoms with van der Waals surface area (Å²) in [5.74, 6) is -13.0. The van der Waals surface area contributed by atoms with E-state index in [-0.39, 0.29) is 11.3 Å². The number of phenols is 1. The van der Waals surface area contributed by atoms with Crippen molar-refractivity contribution in [2.45, 2.75) is 31.0 Å². The average molecular weight is 504 g/mol. The first-order chi connectivity index (χ1) is 17.4. The third kappa shape index (κ3) is 3.20. The zero-order chi connectivity index (χ0) is 27.0. The maximum absolute atomic E-state index is 13.8. The summed E-state index contributed by atoms with van der Waals surface area (Å²) >= 11 is 0. The maximum Gasteiger partial charge on any atom is 0.235 e. The topological polar surface area (TPSA) is 172 Å². The molecule has 0 bridgehead atoms. The number of carbonyl (C=O) groups is 5. The van der Waals surface area contributed by atoms with Crippen LogP contribution < -0.4 is 5.73 Å². The molecule has 0 heterocycles. The quantitative estimate of drug-likeness (QED) is 0.452. The second-order valence-electron chi connectivity index (χ2n) is 10.1. The Kier molecular flexibility index (Phi) is 5.54. The van der Waals surface area contributed by atoms with E-state index in [0.717, 1.165) is 5.56 Å². The van der Waals surface area contributed by atoms with Gasteiger partial charge in [-0.25, -0.2) is 0 Å². The number of fused-ring (bicyclic) bond motifs is 3. The van der Waals surface area contributed by atoms with Gasteiger partial charge in [-0.15, -0.1) is 0 Å². The lowest BCUT2D eigenvalue weighted by Crippen LogP contribution is -2.72. The summed E-state index contributed by atoms with van der Waals surface area (Å²) in [5.41, 5.74) is 4.31. The van der Waals surface area contributed by atoms with Crippen LogP contribution in [0.1, 0.15) is 40.7 Å². The van der Waals surface area contributed by atoms with E-state index in [1.54, 1.807) is 49.4 Å². The van der Waals surface area contributed by atoms with Crippen molar-refractivity contribution >= 4 is 35.1 Å². The van der Waals surface area contributed by atoms with Gasteiger partial charge >= 0.3 is 0 Å². The van der Waals surface area contributed by atoms with Crippen molar-refractivity contribution in [1.29, 1.82) is 0 Å². The summed E-state index contributed by atoms with van der Waals surface area (Å²) in [7, 11) is 0. The molecule has 2 aromatic rings. The molecule has 0 aliphatic heterocycles. The van der Waals surface area contributed by atoms with Gasteiger partial charge in [0.2, 0.25) is 5.91 Å². The van der Waals surface area contributed by atoms with E-state index in [9.17, 15) is 39.3 Å². The Balaban J connectivity index is 1.64. The Morgan fingerprint density at radius 2 is 1.73 bits per heavy atom. The van der Waals surface area contributed by atoms with Gasteiger partial charge < -0.3 is 21.1 Å². The number of hydrogen-bond donors (Lipinski definition) is 4. The number of benzene rings is 2. The van der Waals surface area contributed by atoms with Crippen molar-refractivity contribution in [1.82, 2.24) is 0 Å². The number of Topliss-reactive ketones (excluding diaryl/α,β-unsaturated/α-hetero) is 4. The highest BCUT2D eigenvalue weighted by molar-refractivity contribution is 6.31. The number of amides is 1. The van der Waals surface area contributed by atoms with E-state index in [2.05, 4.69) is 6.58 Å². The smallest absolute Gasteiger partial charge is 0.235 e. The zero-order valence-corrected chi connectivity index (χ0v) is 19.9.